The van der Waals surface area contributed by atoms with Crippen molar-refractivity contribution >= 4 is 23.2 Å². The van der Waals surface area contributed by atoms with Crippen molar-refractivity contribution in [2.45, 2.75) is 89.6 Å². The van der Waals surface area contributed by atoms with E-state index in [1.807, 2.05) is 48.5 Å². The minimum absolute atomic E-state index is 0.00462. The molecular formula is C50H58N4O7. The van der Waals surface area contributed by atoms with E-state index >= 15 is 0 Å². The van der Waals surface area contributed by atoms with E-state index in [4.69, 9.17) is 24.7 Å². The van der Waals surface area contributed by atoms with Crippen molar-refractivity contribution in [2.24, 2.45) is 0 Å². The van der Waals surface area contributed by atoms with Crippen LogP contribution in [0.3, 0.4) is 0 Å². The average Bonchev–Trinajstić information content (AvgIpc) is 3.29. The molecule has 0 saturated carbocycles. The number of carbonyl (C=O) groups excluding carboxylic acids is 2. The van der Waals surface area contributed by atoms with Crippen LogP contribution in [0.2, 0.25) is 0 Å². The summed E-state index contributed by atoms with van der Waals surface area (Å²) in [6.07, 6.45) is 4.99. The molecule has 3 atom stereocenters. The van der Waals surface area contributed by atoms with Crippen LogP contribution in [0, 0.1) is 0 Å². The summed E-state index contributed by atoms with van der Waals surface area (Å²) in [6, 6.07) is 36.0. The molecule has 61 heavy (non-hydrogen) atoms. The van der Waals surface area contributed by atoms with E-state index in [2.05, 4.69) is 64.1 Å². The molecule has 5 aromatic carbocycles. The van der Waals surface area contributed by atoms with Gasteiger partial charge in [0.25, 0.3) is 0 Å². The predicted molar refractivity (Wildman–Crippen MR) is 238 cm³/mol. The van der Waals surface area contributed by atoms with Gasteiger partial charge in [0.15, 0.2) is 17.8 Å². The molecule has 320 valence electrons. The number of aliphatic hydroxyl groups excluding tert-OH is 1. The van der Waals surface area contributed by atoms with Gasteiger partial charge in [-0.2, -0.15) is 0 Å². The summed E-state index contributed by atoms with van der Waals surface area (Å²) in [7, 11) is 3.34. The predicted octanol–water partition coefficient (Wildman–Crippen LogP) is 8.64. The first-order valence-corrected chi connectivity index (χ1v) is 21.4. The van der Waals surface area contributed by atoms with Gasteiger partial charge in [0.05, 0.1) is 44.4 Å². The fraction of sp³-hybridized carbons (Fsp3) is 0.360. The number of hydrogen-bond donors (Lipinski definition) is 4. The summed E-state index contributed by atoms with van der Waals surface area (Å²) >= 11 is 0. The number of anilines is 2. The summed E-state index contributed by atoms with van der Waals surface area (Å²) in [5.74, 6) is 1.47. The molecule has 0 aromatic heterocycles. The summed E-state index contributed by atoms with van der Waals surface area (Å²) in [4.78, 5) is 27.4. The van der Waals surface area contributed by atoms with Crippen molar-refractivity contribution in [3.8, 4) is 22.6 Å². The zero-order valence-corrected chi connectivity index (χ0v) is 35.2. The number of methoxy groups -OCH3 is 2. The Morgan fingerprint density at radius 2 is 1.46 bits per heavy atom. The number of aliphatic hydroxyl groups is 1. The van der Waals surface area contributed by atoms with Crippen LogP contribution in [0.25, 0.3) is 11.1 Å². The third-order valence-corrected chi connectivity index (χ3v) is 11.6. The first-order chi connectivity index (χ1) is 29.8. The number of hydrogen-bond acceptors (Lipinski definition) is 9. The van der Waals surface area contributed by atoms with Crippen LogP contribution in [-0.4, -0.2) is 55.2 Å². The number of ether oxygens (including phenoxy) is 4. The highest BCUT2D eigenvalue weighted by molar-refractivity contribution is 5.93. The third-order valence-electron chi connectivity index (χ3n) is 11.6. The Morgan fingerprint density at radius 3 is 2.18 bits per heavy atom. The van der Waals surface area contributed by atoms with Crippen LogP contribution >= 0.6 is 0 Å². The molecule has 11 nitrogen and oxygen atoms in total. The Labute approximate surface area is 359 Å². The van der Waals surface area contributed by atoms with Gasteiger partial charge in [0, 0.05) is 51.0 Å². The fourth-order valence-electron chi connectivity index (χ4n) is 8.15. The molecule has 7 rings (SSSR count). The van der Waals surface area contributed by atoms with Gasteiger partial charge in [-0.1, -0.05) is 91.7 Å². The van der Waals surface area contributed by atoms with E-state index in [1.165, 1.54) is 11.1 Å². The molecule has 1 saturated heterocycles. The van der Waals surface area contributed by atoms with Gasteiger partial charge in [-0.15, -0.1) is 0 Å². The number of benzene rings is 5. The van der Waals surface area contributed by atoms with Crippen LogP contribution in [-0.2, 0) is 45.2 Å². The maximum absolute atomic E-state index is 12.7. The molecule has 11 heteroatoms. The van der Waals surface area contributed by atoms with E-state index in [0.29, 0.717) is 37.2 Å². The molecule has 5 aromatic rings. The van der Waals surface area contributed by atoms with Crippen molar-refractivity contribution in [1.29, 1.82) is 0 Å². The summed E-state index contributed by atoms with van der Waals surface area (Å²) in [5, 5.41) is 15.6. The van der Waals surface area contributed by atoms with Crippen molar-refractivity contribution in [2.75, 3.05) is 38.4 Å². The quantitative estimate of drug-likeness (QED) is 0.0504. The maximum atomic E-state index is 12.7. The third kappa shape index (κ3) is 11.8. The van der Waals surface area contributed by atoms with Crippen molar-refractivity contribution in [1.82, 2.24) is 10.2 Å². The molecule has 0 spiro atoms. The summed E-state index contributed by atoms with van der Waals surface area (Å²) < 4.78 is 24.6. The molecular weight excluding hydrogens is 769 g/mol. The zero-order chi connectivity index (χ0) is 42.6. The molecule has 0 aliphatic carbocycles. The van der Waals surface area contributed by atoms with Gasteiger partial charge in [0.2, 0.25) is 11.8 Å². The lowest BCUT2D eigenvalue weighted by Gasteiger charge is -2.39. The Bertz CT molecular complexity index is 2230. The van der Waals surface area contributed by atoms with Crippen LogP contribution in [0.1, 0.15) is 90.7 Å². The molecule has 5 N–H and O–H groups in total. The minimum Gasteiger partial charge on any atom is -0.493 e. The molecule has 2 aliphatic rings. The highest BCUT2D eigenvalue weighted by atomic mass is 16.7. The Hall–Kier alpha value is -5.72. The van der Waals surface area contributed by atoms with Crippen molar-refractivity contribution in [3.63, 3.8) is 0 Å². The number of nitrogens with two attached hydrogens (primary N) is 1. The maximum Gasteiger partial charge on any atom is 0.224 e. The second-order valence-corrected chi connectivity index (χ2v) is 16.0. The van der Waals surface area contributed by atoms with E-state index in [1.54, 1.807) is 26.4 Å². The molecule has 2 aliphatic heterocycles. The molecule has 0 unspecified atom stereocenters. The first kappa shape index (κ1) is 43.4. The van der Waals surface area contributed by atoms with Crippen molar-refractivity contribution in [3.05, 3.63) is 143 Å². The second-order valence-electron chi connectivity index (χ2n) is 16.0. The van der Waals surface area contributed by atoms with E-state index in [-0.39, 0.29) is 30.6 Å². The average molecular weight is 827 g/mol. The standard InChI is InChI=1S/C50H58N4O7/c1-58-46-27-40-24-25-54(31-41(40)28-47(46)59-2)32-42-29-45(37-18-16-34(33-55)17-19-37)61-50(60-42)38-22-20-36(21-23-38)39-11-9-10-35(26-39)30-52-48(56)14-5-3-4-6-15-49(57)53-44-13-8-7-12-43(44)51/h7-13,16-23,26-28,42,45,50,55H,3-6,14-15,24-25,29-33,51H2,1-2H3,(H,52,56)(H,53,57)/t42-,45+,50+/m0/s1. The lowest BCUT2D eigenvalue weighted by Crippen LogP contribution is -2.41. The van der Waals surface area contributed by atoms with Gasteiger partial charge in [-0.3, -0.25) is 14.5 Å². The number of rotatable bonds is 18. The normalized spacial score (nSPS) is 17.6. The van der Waals surface area contributed by atoms with E-state index < -0.39 is 6.29 Å². The van der Waals surface area contributed by atoms with Crippen LogP contribution in [0.5, 0.6) is 11.5 Å². The van der Waals surface area contributed by atoms with Gasteiger partial charge in [0.1, 0.15) is 0 Å². The molecule has 0 radical (unpaired) electrons. The Balaban J connectivity index is 0.917. The number of fused-ring (bicyclic) bond motifs is 1. The van der Waals surface area contributed by atoms with Gasteiger partial charge in [-0.05, 0) is 88.5 Å². The largest absolute Gasteiger partial charge is 0.493 e. The Morgan fingerprint density at radius 1 is 0.754 bits per heavy atom. The topological polar surface area (TPSA) is 145 Å². The smallest absolute Gasteiger partial charge is 0.224 e. The monoisotopic (exact) mass is 826 g/mol. The van der Waals surface area contributed by atoms with Gasteiger partial charge >= 0.3 is 0 Å². The molecule has 0 bridgehead atoms. The lowest BCUT2D eigenvalue weighted by atomic mass is 9.96. The number of amides is 2. The van der Waals surface area contributed by atoms with Gasteiger partial charge in [-0.25, -0.2) is 0 Å². The first-order valence-electron chi connectivity index (χ1n) is 21.4. The number of nitrogen functional groups attached to an aromatic ring is 1. The lowest BCUT2D eigenvalue weighted by molar-refractivity contribution is -0.253. The highest BCUT2D eigenvalue weighted by Gasteiger charge is 2.34. The van der Waals surface area contributed by atoms with Gasteiger partial charge < -0.3 is 40.4 Å². The number of carbonyl (C=O) groups is 2. The number of unbranched alkanes of at least 4 members (excludes halogenated alkanes) is 3. The molecule has 1 fully saturated rings. The number of nitrogens with one attached hydrogen (secondary N) is 2. The molecule has 2 amide bonds. The minimum atomic E-state index is -0.558. The number of para-hydroxylation sites is 2. The summed E-state index contributed by atoms with van der Waals surface area (Å²) in [6.45, 7) is 2.91. The molecule has 2 heterocycles. The second kappa shape index (κ2) is 21.2. The summed E-state index contributed by atoms with van der Waals surface area (Å²) in [5.41, 5.74) is 15.6. The van der Waals surface area contributed by atoms with Crippen LogP contribution in [0.15, 0.2) is 109 Å². The van der Waals surface area contributed by atoms with Crippen LogP contribution in [0.4, 0.5) is 11.4 Å². The van der Waals surface area contributed by atoms with Crippen LogP contribution < -0.4 is 25.8 Å². The number of nitrogens with zero attached hydrogens (tertiary/aromatic N) is 1. The zero-order valence-electron chi connectivity index (χ0n) is 35.2. The Kier molecular flexibility index (Phi) is 15.1. The SMILES string of the molecule is COc1cc2c(cc1OC)CN(C[C@@H]1C[C@H](c3ccc(CO)cc3)O[C@H](c3ccc(-c4cccc(CNC(=O)CCCCCCC(=O)Nc5ccccc5N)c4)cc3)O1)CC2. The fourth-order valence-corrected chi connectivity index (χ4v) is 8.15. The van der Waals surface area contributed by atoms with E-state index in [0.717, 1.165) is 96.6 Å². The highest BCUT2D eigenvalue weighted by Crippen LogP contribution is 2.40. The van der Waals surface area contributed by atoms with E-state index in [9.17, 15) is 14.7 Å². The van der Waals surface area contributed by atoms with Crippen molar-refractivity contribution < 1.29 is 33.6 Å².